The minimum absolute atomic E-state index is 0.0759. The fourth-order valence-electron chi connectivity index (χ4n) is 1.46. The van der Waals surface area contributed by atoms with Crippen LogP contribution in [0.5, 0.6) is 0 Å². The molecule has 7 nitrogen and oxygen atoms in total. The molecular weight excluding hydrogens is 248 g/mol. The molecule has 8 heteroatoms. The first kappa shape index (κ1) is 11.6. The number of carboxylic acids is 1. The van der Waals surface area contributed by atoms with Crippen molar-refractivity contribution in [1.82, 2.24) is 20.2 Å². The molecule has 0 amide bonds. The average Bonchev–Trinajstić information content (AvgIpc) is 2.83. The van der Waals surface area contributed by atoms with Gasteiger partial charge in [-0.15, -0.1) is 5.10 Å². The van der Waals surface area contributed by atoms with Crippen molar-refractivity contribution in [2.75, 3.05) is 0 Å². The van der Waals surface area contributed by atoms with Gasteiger partial charge in [0, 0.05) is 0 Å². The zero-order chi connectivity index (χ0) is 12.4. The fourth-order valence-corrected chi connectivity index (χ4v) is 1.66. The van der Waals surface area contributed by atoms with Crippen LogP contribution >= 0.6 is 11.6 Å². The number of hydrogen-bond acceptors (Lipinski definition) is 5. The van der Waals surface area contributed by atoms with Gasteiger partial charge < -0.3 is 9.52 Å². The minimum atomic E-state index is -0.919. The first-order valence-electron chi connectivity index (χ1n) is 4.82. The third kappa shape index (κ3) is 2.28. The number of aliphatic carboxylic acids is 1. The molecule has 0 aliphatic carbocycles. The van der Waals surface area contributed by atoms with E-state index in [0.717, 1.165) is 0 Å². The van der Waals surface area contributed by atoms with Crippen molar-refractivity contribution in [2.24, 2.45) is 0 Å². The van der Waals surface area contributed by atoms with Gasteiger partial charge in [-0.3, -0.25) is 4.79 Å². The van der Waals surface area contributed by atoms with Gasteiger partial charge in [-0.1, -0.05) is 0 Å². The van der Waals surface area contributed by atoms with Gasteiger partial charge in [-0.05, 0) is 35.0 Å². The minimum Gasteiger partial charge on any atom is -0.481 e. The Morgan fingerprint density at radius 1 is 1.71 bits per heavy atom. The van der Waals surface area contributed by atoms with Crippen LogP contribution in [0.15, 0.2) is 16.7 Å². The summed E-state index contributed by atoms with van der Waals surface area (Å²) < 4.78 is 6.35. The number of carboxylic acid groups (broad SMARTS) is 1. The number of nitrogens with zero attached hydrogens (tertiary/aromatic N) is 4. The summed E-state index contributed by atoms with van der Waals surface area (Å²) in [6.07, 6.45) is 1.34. The summed E-state index contributed by atoms with van der Waals surface area (Å²) in [5.74, 6) is -0.533. The highest BCUT2D eigenvalue weighted by Crippen LogP contribution is 2.28. The molecule has 0 spiro atoms. The number of furan rings is 1. The molecule has 0 aliphatic rings. The topological polar surface area (TPSA) is 94.0 Å². The number of tetrazole rings is 1. The van der Waals surface area contributed by atoms with Gasteiger partial charge in [0.05, 0.1) is 24.3 Å². The maximum atomic E-state index is 10.6. The molecule has 0 radical (unpaired) electrons. The van der Waals surface area contributed by atoms with Crippen LogP contribution in [0, 0.1) is 0 Å². The van der Waals surface area contributed by atoms with Crippen molar-refractivity contribution >= 4 is 17.6 Å². The van der Waals surface area contributed by atoms with Gasteiger partial charge in [0.2, 0.25) is 5.22 Å². The highest BCUT2D eigenvalue weighted by Gasteiger charge is 2.20. The monoisotopic (exact) mass is 256 g/mol. The summed E-state index contributed by atoms with van der Waals surface area (Å²) in [5.41, 5.74) is 0.536. The lowest BCUT2D eigenvalue weighted by molar-refractivity contribution is -0.137. The molecule has 2 heterocycles. The van der Waals surface area contributed by atoms with Gasteiger partial charge in [0.25, 0.3) is 0 Å². The normalized spacial score (nSPS) is 12.6. The van der Waals surface area contributed by atoms with E-state index in [4.69, 9.17) is 21.1 Å². The van der Waals surface area contributed by atoms with Crippen LogP contribution in [0.2, 0.25) is 5.22 Å². The van der Waals surface area contributed by atoms with Crippen molar-refractivity contribution in [1.29, 1.82) is 0 Å². The van der Waals surface area contributed by atoms with Crippen molar-refractivity contribution in [3.8, 4) is 11.4 Å². The van der Waals surface area contributed by atoms with Crippen molar-refractivity contribution in [3.05, 3.63) is 17.5 Å². The zero-order valence-electron chi connectivity index (χ0n) is 8.87. The summed E-state index contributed by atoms with van der Waals surface area (Å²) in [4.78, 5) is 10.6. The fraction of sp³-hybridized carbons (Fsp3) is 0.333. The van der Waals surface area contributed by atoms with E-state index < -0.39 is 5.97 Å². The molecule has 0 aliphatic heterocycles. The van der Waals surface area contributed by atoms with E-state index in [0.29, 0.717) is 11.4 Å². The van der Waals surface area contributed by atoms with E-state index in [9.17, 15) is 4.79 Å². The molecule has 90 valence electrons. The summed E-state index contributed by atoms with van der Waals surface area (Å²) >= 11 is 5.82. The number of halogens is 1. The molecule has 2 aromatic rings. The summed E-state index contributed by atoms with van der Waals surface area (Å²) in [5, 5.41) is 20.0. The van der Waals surface area contributed by atoms with E-state index in [1.54, 1.807) is 13.0 Å². The molecule has 1 atom stereocenters. The predicted octanol–water partition coefficient (Wildman–Crippen LogP) is 1.62. The van der Waals surface area contributed by atoms with Gasteiger partial charge in [-0.2, -0.15) is 0 Å². The van der Waals surface area contributed by atoms with E-state index >= 15 is 0 Å². The maximum absolute atomic E-state index is 10.6. The molecule has 17 heavy (non-hydrogen) atoms. The summed E-state index contributed by atoms with van der Waals surface area (Å²) in [6.45, 7) is 1.71. The average molecular weight is 257 g/mol. The molecule has 1 unspecified atom stereocenters. The Bertz CT molecular complexity index is 536. The first-order chi connectivity index (χ1) is 8.09. The van der Waals surface area contributed by atoms with Crippen LogP contribution in [0.1, 0.15) is 19.4 Å². The van der Waals surface area contributed by atoms with E-state index in [1.807, 2.05) is 0 Å². The smallest absolute Gasteiger partial charge is 0.305 e. The number of hydrogen-bond donors (Lipinski definition) is 1. The van der Waals surface area contributed by atoms with E-state index in [-0.39, 0.29) is 17.7 Å². The Kier molecular flexibility index (Phi) is 3.10. The second-order valence-electron chi connectivity index (χ2n) is 3.50. The molecule has 0 fully saturated rings. The second-order valence-corrected chi connectivity index (χ2v) is 3.85. The molecule has 0 aromatic carbocycles. The van der Waals surface area contributed by atoms with Crippen molar-refractivity contribution in [3.63, 3.8) is 0 Å². The standard InChI is InChI=1S/C9H9ClN4O3/c1-5(4-7(15)16)14-9(11-12-13-14)6-2-3-17-8(6)10/h2-3,5H,4H2,1H3,(H,15,16). The largest absolute Gasteiger partial charge is 0.481 e. The molecule has 0 saturated carbocycles. The highest BCUT2D eigenvalue weighted by atomic mass is 35.5. The summed E-state index contributed by atoms with van der Waals surface area (Å²) in [7, 11) is 0. The first-order valence-corrected chi connectivity index (χ1v) is 5.20. The van der Waals surface area contributed by atoms with Crippen LogP contribution in [0.4, 0.5) is 0 Å². The lowest BCUT2D eigenvalue weighted by atomic mass is 10.2. The SMILES string of the molecule is CC(CC(=O)O)n1nnnc1-c1ccoc1Cl. The Morgan fingerprint density at radius 3 is 3.06 bits per heavy atom. The predicted molar refractivity (Wildman–Crippen MR) is 57.5 cm³/mol. The Balaban J connectivity index is 2.35. The Morgan fingerprint density at radius 2 is 2.47 bits per heavy atom. The molecule has 1 N–H and O–H groups in total. The third-order valence-electron chi connectivity index (χ3n) is 2.24. The molecule has 0 saturated heterocycles. The van der Waals surface area contributed by atoms with Gasteiger partial charge in [-0.25, -0.2) is 4.68 Å². The second kappa shape index (κ2) is 4.54. The highest BCUT2D eigenvalue weighted by molar-refractivity contribution is 6.31. The van der Waals surface area contributed by atoms with Gasteiger partial charge in [0.1, 0.15) is 0 Å². The summed E-state index contributed by atoms with van der Waals surface area (Å²) in [6, 6.07) is 1.25. The van der Waals surface area contributed by atoms with Crippen LogP contribution < -0.4 is 0 Å². The maximum Gasteiger partial charge on any atom is 0.305 e. The van der Waals surface area contributed by atoms with Crippen LogP contribution in [0.3, 0.4) is 0 Å². The Hall–Kier alpha value is -1.89. The quantitative estimate of drug-likeness (QED) is 0.893. The number of aromatic nitrogens is 4. The van der Waals surface area contributed by atoms with Gasteiger partial charge in [0.15, 0.2) is 5.82 Å². The zero-order valence-corrected chi connectivity index (χ0v) is 9.63. The molecule has 2 aromatic heterocycles. The van der Waals surface area contributed by atoms with Crippen LogP contribution in [-0.2, 0) is 4.79 Å². The van der Waals surface area contributed by atoms with Crippen LogP contribution in [0.25, 0.3) is 11.4 Å². The lowest BCUT2D eigenvalue weighted by Gasteiger charge is -2.09. The van der Waals surface area contributed by atoms with Crippen molar-refractivity contribution < 1.29 is 14.3 Å². The molecule has 0 bridgehead atoms. The Labute approximate surface area is 101 Å². The van der Waals surface area contributed by atoms with E-state index in [2.05, 4.69) is 15.5 Å². The molecular formula is C9H9ClN4O3. The third-order valence-corrected chi connectivity index (χ3v) is 2.53. The van der Waals surface area contributed by atoms with E-state index in [1.165, 1.54) is 10.9 Å². The van der Waals surface area contributed by atoms with Crippen LogP contribution in [-0.4, -0.2) is 31.3 Å². The number of rotatable bonds is 4. The molecule has 2 rings (SSSR count). The number of carbonyl (C=O) groups is 1. The van der Waals surface area contributed by atoms with Crippen molar-refractivity contribution in [2.45, 2.75) is 19.4 Å². The lowest BCUT2D eigenvalue weighted by Crippen LogP contribution is -2.13. The van der Waals surface area contributed by atoms with Gasteiger partial charge >= 0.3 is 5.97 Å².